The molecule has 0 amide bonds. The van der Waals surface area contributed by atoms with E-state index in [-0.39, 0.29) is 6.10 Å². The Balaban J connectivity index is 1.53. The van der Waals surface area contributed by atoms with Crippen LogP contribution in [0.4, 0.5) is 0 Å². The van der Waals surface area contributed by atoms with Crippen molar-refractivity contribution in [3.63, 3.8) is 0 Å². The van der Waals surface area contributed by atoms with E-state index >= 15 is 0 Å². The molecule has 2 rings (SSSR count). The predicted molar refractivity (Wildman–Crippen MR) is 72.8 cm³/mol. The molecule has 0 saturated heterocycles. The number of ether oxygens (including phenoxy) is 1. The van der Waals surface area contributed by atoms with Gasteiger partial charge in [0.15, 0.2) is 0 Å². The van der Waals surface area contributed by atoms with E-state index in [0.29, 0.717) is 12.5 Å². The van der Waals surface area contributed by atoms with Gasteiger partial charge in [0.05, 0.1) is 6.10 Å². The van der Waals surface area contributed by atoms with E-state index in [2.05, 4.69) is 5.32 Å². The number of benzene rings is 1. The first-order chi connectivity index (χ1) is 8.84. The van der Waals surface area contributed by atoms with Crippen LogP contribution in [0.3, 0.4) is 0 Å². The topological polar surface area (TPSA) is 41.5 Å². The quantitative estimate of drug-likeness (QED) is 0.760. The first-order valence-corrected chi connectivity index (χ1v) is 6.91. The molecule has 1 fully saturated rings. The van der Waals surface area contributed by atoms with E-state index in [1.54, 1.807) is 0 Å². The summed E-state index contributed by atoms with van der Waals surface area (Å²) in [5, 5.41) is 13.0. The van der Waals surface area contributed by atoms with Crippen molar-refractivity contribution in [2.75, 3.05) is 19.7 Å². The van der Waals surface area contributed by atoms with Crippen molar-refractivity contribution in [2.45, 2.75) is 31.8 Å². The molecular weight excluding hydrogens is 226 g/mol. The van der Waals surface area contributed by atoms with Crippen LogP contribution in [0, 0.1) is 5.92 Å². The number of hydrogen-bond acceptors (Lipinski definition) is 3. The molecule has 0 heterocycles. The average molecular weight is 249 g/mol. The SMILES string of the molecule is OC1CCCC(CNCCOc2ccccc2)C1. The van der Waals surface area contributed by atoms with Gasteiger partial charge in [-0.15, -0.1) is 0 Å². The zero-order valence-corrected chi connectivity index (χ0v) is 10.8. The Hall–Kier alpha value is -1.06. The highest BCUT2D eigenvalue weighted by Crippen LogP contribution is 2.23. The van der Waals surface area contributed by atoms with E-state index in [1.165, 1.54) is 6.42 Å². The maximum absolute atomic E-state index is 9.58. The lowest BCUT2D eigenvalue weighted by Crippen LogP contribution is -2.31. The molecule has 1 aromatic carbocycles. The first-order valence-electron chi connectivity index (χ1n) is 6.91. The van der Waals surface area contributed by atoms with Gasteiger partial charge >= 0.3 is 0 Å². The van der Waals surface area contributed by atoms with Crippen LogP contribution < -0.4 is 10.1 Å². The summed E-state index contributed by atoms with van der Waals surface area (Å²) in [6.45, 7) is 2.55. The van der Waals surface area contributed by atoms with Crippen LogP contribution in [0.5, 0.6) is 5.75 Å². The van der Waals surface area contributed by atoms with Crippen molar-refractivity contribution < 1.29 is 9.84 Å². The highest BCUT2D eigenvalue weighted by Gasteiger charge is 2.19. The van der Waals surface area contributed by atoms with Gasteiger partial charge in [0.2, 0.25) is 0 Å². The van der Waals surface area contributed by atoms with Crippen molar-refractivity contribution >= 4 is 0 Å². The summed E-state index contributed by atoms with van der Waals surface area (Å²) in [6, 6.07) is 9.88. The maximum Gasteiger partial charge on any atom is 0.119 e. The van der Waals surface area contributed by atoms with Gasteiger partial charge < -0.3 is 15.2 Å². The molecule has 2 N–H and O–H groups in total. The third-order valence-electron chi connectivity index (χ3n) is 3.48. The van der Waals surface area contributed by atoms with E-state index in [4.69, 9.17) is 4.74 Å². The molecule has 1 saturated carbocycles. The number of nitrogens with one attached hydrogen (secondary N) is 1. The number of rotatable bonds is 6. The second-order valence-electron chi connectivity index (χ2n) is 5.05. The van der Waals surface area contributed by atoms with Crippen LogP contribution in [0.2, 0.25) is 0 Å². The number of hydrogen-bond donors (Lipinski definition) is 2. The molecule has 100 valence electrons. The third kappa shape index (κ3) is 4.67. The smallest absolute Gasteiger partial charge is 0.119 e. The lowest BCUT2D eigenvalue weighted by Gasteiger charge is -2.25. The lowest BCUT2D eigenvalue weighted by molar-refractivity contribution is 0.100. The summed E-state index contributed by atoms with van der Waals surface area (Å²) >= 11 is 0. The molecule has 0 bridgehead atoms. The Morgan fingerprint density at radius 2 is 2.06 bits per heavy atom. The fourth-order valence-electron chi connectivity index (χ4n) is 2.51. The molecule has 0 radical (unpaired) electrons. The Labute approximate surface area is 109 Å². The summed E-state index contributed by atoms with van der Waals surface area (Å²) in [4.78, 5) is 0. The molecule has 0 spiro atoms. The molecule has 2 atom stereocenters. The van der Waals surface area contributed by atoms with Gasteiger partial charge in [0, 0.05) is 6.54 Å². The fraction of sp³-hybridized carbons (Fsp3) is 0.600. The van der Waals surface area contributed by atoms with E-state index in [9.17, 15) is 5.11 Å². The number of aliphatic hydroxyl groups is 1. The van der Waals surface area contributed by atoms with E-state index < -0.39 is 0 Å². The van der Waals surface area contributed by atoms with Gasteiger partial charge in [-0.3, -0.25) is 0 Å². The maximum atomic E-state index is 9.58. The van der Waals surface area contributed by atoms with E-state index in [0.717, 1.165) is 38.1 Å². The minimum absolute atomic E-state index is 0.0777. The van der Waals surface area contributed by atoms with Crippen molar-refractivity contribution in [3.8, 4) is 5.75 Å². The second-order valence-corrected chi connectivity index (χ2v) is 5.05. The zero-order chi connectivity index (χ0) is 12.6. The van der Waals surface area contributed by atoms with E-state index in [1.807, 2.05) is 30.3 Å². The zero-order valence-electron chi connectivity index (χ0n) is 10.8. The predicted octanol–water partition coefficient (Wildman–Crippen LogP) is 2.21. The van der Waals surface area contributed by atoms with Crippen LogP contribution in [0.25, 0.3) is 0 Å². The monoisotopic (exact) mass is 249 g/mol. The Bertz CT molecular complexity index is 329. The lowest BCUT2D eigenvalue weighted by atomic mass is 9.87. The summed E-state index contributed by atoms with van der Waals surface area (Å²) in [6.07, 6.45) is 4.25. The first kappa shape index (κ1) is 13.4. The summed E-state index contributed by atoms with van der Waals surface area (Å²) in [5.74, 6) is 1.55. The Morgan fingerprint density at radius 1 is 1.22 bits per heavy atom. The normalized spacial score (nSPS) is 23.8. The second kappa shape index (κ2) is 7.39. The van der Waals surface area contributed by atoms with Crippen molar-refractivity contribution in [1.29, 1.82) is 0 Å². The summed E-state index contributed by atoms with van der Waals surface area (Å²) in [5.41, 5.74) is 0. The molecule has 18 heavy (non-hydrogen) atoms. The van der Waals surface area contributed by atoms with Gasteiger partial charge in [-0.05, 0) is 43.9 Å². The Kier molecular flexibility index (Phi) is 5.49. The Morgan fingerprint density at radius 3 is 2.83 bits per heavy atom. The van der Waals surface area contributed by atoms with Crippen LogP contribution in [0.1, 0.15) is 25.7 Å². The van der Waals surface area contributed by atoms with Crippen molar-refractivity contribution in [2.24, 2.45) is 5.92 Å². The molecule has 3 nitrogen and oxygen atoms in total. The number of para-hydroxylation sites is 1. The van der Waals surface area contributed by atoms with Gasteiger partial charge in [0.1, 0.15) is 12.4 Å². The molecule has 0 aliphatic heterocycles. The molecule has 1 aliphatic rings. The van der Waals surface area contributed by atoms with Gasteiger partial charge in [-0.2, -0.15) is 0 Å². The summed E-state index contributed by atoms with van der Waals surface area (Å²) < 4.78 is 5.60. The molecule has 1 aliphatic carbocycles. The minimum Gasteiger partial charge on any atom is -0.492 e. The fourth-order valence-corrected chi connectivity index (χ4v) is 2.51. The van der Waals surface area contributed by atoms with Gasteiger partial charge in [-0.1, -0.05) is 24.6 Å². The van der Waals surface area contributed by atoms with Gasteiger partial charge in [-0.25, -0.2) is 0 Å². The largest absolute Gasteiger partial charge is 0.492 e. The van der Waals surface area contributed by atoms with Crippen LogP contribution in [-0.4, -0.2) is 30.9 Å². The highest BCUT2D eigenvalue weighted by atomic mass is 16.5. The molecule has 3 heteroatoms. The molecule has 2 unspecified atom stereocenters. The van der Waals surface area contributed by atoms with Crippen LogP contribution in [-0.2, 0) is 0 Å². The standard InChI is InChI=1S/C15H23NO2/c17-14-6-4-5-13(11-14)12-16-9-10-18-15-7-2-1-3-8-15/h1-3,7-8,13-14,16-17H,4-6,9-12H2. The average Bonchev–Trinajstić information content (AvgIpc) is 2.40. The number of aliphatic hydroxyl groups excluding tert-OH is 1. The van der Waals surface area contributed by atoms with Gasteiger partial charge in [0.25, 0.3) is 0 Å². The third-order valence-corrected chi connectivity index (χ3v) is 3.48. The van der Waals surface area contributed by atoms with Crippen LogP contribution in [0.15, 0.2) is 30.3 Å². The molecular formula is C15H23NO2. The minimum atomic E-state index is -0.0777. The summed E-state index contributed by atoms with van der Waals surface area (Å²) in [7, 11) is 0. The molecule has 1 aromatic rings. The highest BCUT2D eigenvalue weighted by molar-refractivity contribution is 5.20. The van der Waals surface area contributed by atoms with Crippen LogP contribution >= 0.6 is 0 Å². The van der Waals surface area contributed by atoms with Crippen molar-refractivity contribution in [3.05, 3.63) is 30.3 Å². The van der Waals surface area contributed by atoms with Crippen molar-refractivity contribution in [1.82, 2.24) is 5.32 Å². The molecule has 0 aromatic heterocycles.